The van der Waals surface area contributed by atoms with Crippen molar-refractivity contribution in [1.29, 1.82) is 0 Å². The SMILES string of the molecule is C[C@@H]1C[C@@H](C)CN(C(=O)COC(=O)c2ccc([N+](=O)[O-])o2)C1. The van der Waals surface area contributed by atoms with Gasteiger partial charge in [-0.15, -0.1) is 0 Å². The fourth-order valence-electron chi connectivity index (χ4n) is 2.69. The van der Waals surface area contributed by atoms with Gasteiger partial charge in [-0.25, -0.2) is 4.79 Å². The number of carbonyl (C=O) groups excluding carboxylic acids is 2. The van der Waals surface area contributed by atoms with E-state index >= 15 is 0 Å². The van der Waals surface area contributed by atoms with Crippen molar-refractivity contribution in [3.63, 3.8) is 0 Å². The van der Waals surface area contributed by atoms with Crippen molar-refractivity contribution < 1.29 is 23.7 Å². The van der Waals surface area contributed by atoms with Gasteiger partial charge < -0.3 is 14.1 Å². The molecular formula is C14H18N2O6. The van der Waals surface area contributed by atoms with E-state index in [2.05, 4.69) is 13.8 Å². The molecule has 1 fully saturated rings. The number of ether oxygens (including phenoxy) is 1. The minimum atomic E-state index is -0.889. The van der Waals surface area contributed by atoms with Crippen LogP contribution in [0.2, 0.25) is 0 Å². The molecule has 1 aliphatic heterocycles. The van der Waals surface area contributed by atoms with Crippen LogP contribution in [0.4, 0.5) is 5.88 Å². The molecule has 120 valence electrons. The van der Waals surface area contributed by atoms with Gasteiger partial charge in [0.2, 0.25) is 5.76 Å². The average molecular weight is 310 g/mol. The monoisotopic (exact) mass is 310 g/mol. The molecule has 2 atom stereocenters. The van der Waals surface area contributed by atoms with E-state index in [1.165, 1.54) is 0 Å². The molecule has 2 rings (SSSR count). The number of esters is 1. The fourth-order valence-corrected chi connectivity index (χ4v) is 2.69. The third kappa shape index (κ3) is 3.84. The summed E-state index contributed by atoms with van der Waals surface area (Å²) in [6.45, 7) is 5.04. The second-order valence-corrected chi connectivity index (χ2v) is 5.72. The van der Waals surface area contributed by atoms with Gasteiger partial charge in [-0.05, 0) is 24.3 Å². The number of amides is 1. The van der Waals surface area contributed by atoms with Crippen molar-refractivity contribution in [2.24, 2.45) is 11.8 Å². The Bertz CT molecular complexity index is 572. The quantitative estimate of drug-likeness (QED) is 0.477. The Balaban J connectivity index is 1.87. The lowest BCUT2D eigenvalue weighted by molar-refractivity contribution is -0.402. The Morgan fingerprint density at radius 1 is 1.36 bits per heavy atom. The van der Waals surface area contributed by atoms with E-state index in [0.29, 0.717) is 24.9 Å². The number of rotatable bonds is 4. The molecular weight excluding hydrogens is 292 g/mol. The van der Waals surface area contributed by atoms with E-state index in [4.69, 9.17) is 9.15 Å². The highest BCUT2D eigenvalue weighted by Crippen LogP contribution is 2.21. The first-order chi connectivity index (χ1) is 10.4. The smallest absolute Gasteiger partial charge is 0.433 e. The molecule has 0 aromatic carbocycles. The number of carbonyl (C=O) groups is 2. The standard InChI is InChI=1S/C14H18N2O6/c1-9-5-10(2)7-15(6-9)12(17)8-21-14(18)11-3-4-13(22-11)16(19)20/h3-4,9-10H,5-8H2,1-2H3/t9-,10-/m1/s1. The van der Waals surface area contributed by atoms with Crippen molar-refractivity contribution in [2.75, 3.05) is 19.7 Å². The van der Waals surface area contributed by atoms with Crippen LogP contribution in [0.5, 0.6) is 0 Å². The molecule has 2 heterocycles. The van der Waals surface area contributed by atoms with E-state index in [-0.39, 0.29) is 11.7 Å². The molecule has 1 aromatic rings. The molecule has 8 heteroatoms. The van der Waals surface area contributed by atoms with E-state index in [9.17, 15) is 19.7 Å². The molecule has 0 radical (unpaired) electrons. The summed E-state index contributed by atoms with van der Waals surface area (Å²) in [6.07, 6.45) is 1.07. The van der Waals surface area contributed by atoms with Crippen molar-refractivity contribution in [3.05, 3.63) is 28.0 Å². The maximum Gasteiger partial charge on any atom is 0.433 e. The number of hydrogen-bond acceptors (Lipinski definition) is 6. The molecule has 0 unspecified atom stereocenters. The predicted molar refractivity (Wildman–Crippen MR) is 75.2 cm³/mol. The molecule has 0 bridgehead atoms. The Morgan fingerprint density at radius 3 is 2.55 bits per heavy atom. The number of likely N-dealkylation sites (tertiary alicyclic amines) is 1. The van der Waals surface area contributed by atoms with Gasteiger partial charge in [0.25, 0.3) is 5.91 Å². The van der Waals surface area contributed by atoms with Crippen molar-refractivity contribution >= 4 is 17.8 Å². The van der Waals surface area contributed by atoms with Gasteiger partial charge in [0.1, 0.15) is 4.92 Å². The van der Waals surface area contributed by atoms with E-state index in [0.717, 1.165) is 18.6 Å². The van der Waals surface area contributed by atoms with Gasteiger partial charge in [-0.3, -0.25) is 14.9 Å². The molecule has 0 aliphatic carbocycles. The molecule has 0 saturated carbocycles. The normalized spacial score (nSPS) is 21.5. The zero-order valence-electron chi connectivity index (χ0n) is 12.5. The zero-order valence-corrected chi connectivity index (χ0v) is 12.5. The second kappa shape index (κ2) is 6.59. The summed E-state index contributed by atoms with van der Waals surface area (Å²) in [4.78, 5) is 35.1. The third-order valence-corrected chi connectivity index (χ3v) is 3.52. The lowest BCUT2D eigenvalue weighted by Gasteiger charge is -2.34. The number of nitrogens with zero attached hydrogens (tertiary/aromatic N) is 2. The molecule has 8 nitrogen and oxygen atoms in total. The molecule has 0 spiro atoms. The summed E-state index contributed by atoms with van der Waals surface area (Å²) in [6, 6.07) is 2.21. The fraction of sp³-hybridized carbons (Fsp3) is 0.571. The van der Waals surface area contributed by atoms with Crippen LogP contribution in [0.3, 0.4) is 0 Å². The number of nitro groups is 1. The summed E-state index contributed by atoms with van der Waals surface area (Å²) < 4.78 is 9.58. The van der Waals surface area contributed by atoms with Gasteiger partial charge in [0, 0.05) is 13.1 Å². The van der Waals surface area contributed by atoms with Crippen molar-refractivity contribution in [3.8, 4) is 0 Å². The lowest BCUT2D eigenvalue weighted by Crippen LogP contribution is -2.44. The van der Waals surface area contributed by atoms with Gasteiger partial charge in [-0.2, -0.15) is 0 Å². The summed E-state index contributed by atoms with van der Waals surface area (Å²) >= 11 is 0. The maximum atomic E-state index is 12.0. The van der Waals surface area contributed by atoms with Crippen molar-refractivity contribution in [1.82, 2.24) is 4.90 Å². The second-order valence-electron chi connectivity index (χ2n) is 5.72. The topological polar surface area (TPSA) is 103 Å². The predicted octanol–water partition coefficient (Wildman–Crippen LogP) is 1.85. The van der Waals surface area contributed by atoms with E-state index in [1.807, 2.05) is 0 Å². The van der Waals surface area contributed by atoms with E-state index < -0.39 is 23.4 Å². The van der Waals surface area contributed by atoms with Crippen LogP contribution < -0.4 is 0 Å². The minimum absolute atomic E-state index is 0.271. The summed E-state index contributed by atoms with van der Waals surface area (Å²) in [5.74, 6) is -1.17. The molecule has 0 N–H and O–H groups in total. The first-order valence-electron chi connectivity index (χ1n) is 7.06. The van der Waals surface area contributed by atoms with Crippen LogP contribution in [0, 0.1) is 22.0 Å². The first-order valence-corrected chi connectivity index (χ1v) is 7.06. The number of furan rings is 1. The van der Waals surface area contributed by atoms with Crippen LogP contribution in [0.25, 0.3) is 0 Å². The number of piperidine rings is 1. The number of hydrogen-bond donors (Lipinski definition) is 0. The molecule has 22 heavy (non-hydrogen) atoms. The Labute approximate surface area is 127 Å². The zero-order chi connectivity index (χ0) is 16.3. The molecule has 1 aliphatic rings. The Morgan fingerprint density at radius 2 is 2.00 bits per heavy atom. The Kier molecular flexibility index (Phi) is 4.79. The van der Waals surface area contributed by atoms with Crippen LogP contribution in [-0.2, 0) is 9.53 Å². The highest BCUT2D eigenvalue weighted by molar-refractivity contribution is 5.89. The van der Waals surface area contributed by atoms with Crippen LogP contribution in [-0.4, -0.2) is 41.4 Å². The maximum absolute atomic E-state index is 12.0. The highest BCUT2D eigenvalue weighted by Gasteiger charge is 2.26. The van der Waals surface area contributed by atoms with Crippen LogP contribution in [0.15, 0.2) is 16.5 Å². The van der Waals surface area contributed by atoms with Gasteiger partial charge >= 0.3 is 11.9 Å². The summed E-state index contributed by atoms with van der Waals surface area (Å²) in [5, 5.41) is 10.5. The van der Waals surface area contributed by atoms with Gasteiger partial charge in [-0.1, -0.05) is 13.8 Å². The minimum Gasteiger partial charge on any atom is -0.450 e. The van der Waals surface area contributed by atoms with E-state index in [1.54, 1.807) is 4.90 Å². The first kappa shape index (κ1) is 16.0. The highest BCUT2D eigenvalue weighted by atomic mass is 16.7. The molecule has 1 aromatic heterocycles. The average Bonchev–Trinajstić information content (AvgIpc) is 2.93. The van der Waals surface area contributed by atoms with Gasteiger partial charge in [0.05, 0.1) is 6.07 Å². The van der Waals surface area contributed by atoms with Crippen LogP contribution >= 0.6 is 0 Å². The third-order valence-electron chi connectivity index (χ3n) is 3.52. The summed E-state index contributed by atoms with van der Waals surface area (Å²) in [7, 11) is 0. The summed E-state index contributed by atoms with van der Waals surface area (Å²) in [5.41, 5.74) is 0. The van der Waals surface area contributed by atoms with Crippen molar-refractivity contribution in [2.45, 2.75) is 20.3 Å². The van der Waals surface area contributed by atoms with Crippen LogP contribution in [0.1, 0.15) is 30.8 Å². The van der Waals surface area contributed by atoms with Gasteiger partial charge in [0.15, 0.2) is 6.61 Å². The molecule has 1 amide bonds. The lowest BCUT2D eigenvalue weighted by atomic mass is 9.92. The molecule has 1 saturated heterocycles. The largest absolute Gasteiger partial charge is 0.450 e. The Hall–Kier alpha value is -2.38.